The van der Waals surface area contributed by atoms with E-state index in [9.17, 15) is 4.79 Å². The molecular weight excluding hydrogens is 224 g/mol. The van der Waals surface area contributed by atoms with Gasteiger partial charge in [0.1, 0.15) is 11.5 Å². The third kappa shape index (κ3) is 2.29. The Hall–Kier alpha value is -1.31. The maximum Gasteiger partial charge on any atom is 0.133 e. The Morgan fingerprint density at radius 2 is 2.06 bits per heavy atom. The molecule has 1 aromatic rings. The van der Waals surface area contributed by atoms with E-state index in [2.05, 4.69) is 18.2 Å². The molecule has 2 aliphatic rings. The van der Waals surface area contributed by atoms with Crippen LogP contribution in [0, 0.1) is 0 Å². The Balaban J connectivity index is 1.93. The van der Waals surface area contributed by atoms with E-state index in [4.69, 9.17) is 4.74 Å². The van der Waals surface area contributed by atoms with E-state index in [-0.39, 0.29) is 0 Å². The van der Waals surface area contributed by atoms with Crippen molar-refractivity contribution in [2.45, 2.75) is 50.9 Å². The van der Waals surface area contributed by atoms with Crippen molar-refractivity contribution in [2.75, 3.05) is 6.61 Å². The summed E-state index contributed by atoms with van der Waals surface area (Å²) in [7, 11) is 0. The number of carbonyl (C=O) groups excluding carboxylic acids is 1. The summed E-state index contributed by atoms with van der Waals surface area (Å²) in [6.45, 7) is 0.824. The molecule has 0 radical (unpaired) electrons. The van der Waals surface area contributed by atoms with Crippen LogP contribution < -0.4 is 4.74 Å². The number of hydrogen-bond donors (Lipinski definition) is 0. The molecule has 1 unspecified atom stereocenters. The predicted octanol–water partition coefficient (Wildman–Crippen LogP) is 3.63. The van der Waals surface area contributed by atoms with Crippen LogP contribution in [0.1, 0.15) is 55.6 Å². The van der Waals surface area contributed by atoms with Crippen molar-refractivity contribution >= 4 is 5.78 Å². The minimum atomic E-state index is 0.382. The lowest BCUT2D eigenvalue weighted by Crippen LogP contribution is -2.13. The number of para-hydroxylation sites is 1. The average molecular weight is 244 g/mol. The van der Waals surface area contributed by atoms with Crippen LogP contribution in [0.2, 0.25) is 0 Å². The Labute approximate surface area is 108 Å². The van der Waals surface area contributed by atoms with Crippen LogP contribution in [-0.2, 0) is 11.2 Å². The summed E-state index contributed by atoms with van der Waals surface area (Å²) in [5.41, 5.74) is 2.61. The number of Topliss-reactive ketones (excluding diaryl/α,β-unsaturated/α-hetero) is 1. The van der Waals surface area contributed by atoms with Gasteiger partial charge in [0, 0.05) is 12.8 Å². The SMILES string of the molecule is O=C1CCCCC(c2cccc3c2OCCC3)C1. The molecule has 1 aromatic carbocycles. The van der Waals surface area contributed by atoms with Crippen LogP contribution >= 0.6 is 0 Å². The smallest absolute Gasteiger partial charge is 0.133 e. The van der Waals surface area contributed by atoms with Gasteiger partial charge in [-0.25, -0.2) is 0 Å². The minimum Gasteiger partial charge on any atom is -0.493 e. The molecule has 1 aliphatic carbocycles. The minimum absolute atomic E-state index is 0.382. The van der Waals surface area contributed by atoms with Gasteiger partial charge in [-0.1, -0.05) is 24.6 Å². The number of fused-ring (bicyclic) bond motifs is 1. The second kappa shape index (κ2) is 5.13. The summed E-state index contributed by atoms with van der Waals surface area (Å²) >= 11 is 0. The summed E-state index contributed by atoms with van der Waals surface area (Å²) in [6, 6.07) is 6.45. The van der Waals surface area contributed by atoms with Gasteiger partial charge in [-0.05, 0) is 42.7 Å². The second-order valence-corrected chi connectivity index (χ2v) is 5.47. The van der Waals surface area contributed by atoms with Gasteiger partial charge in [0.05, 0.1) is 6.61 Å². The lowest BCUT2D eigenvalue weighted by atomic mass is 9.88. The molecule has 0 amide bonds. The van der Waals surface area contributed by atoms with Gasteiger partial charge in [0.15, 0.2) is 0 Å². The van der Waals surface area contributed by atoms with E-state index in [1.807, 2.05) is 0 Å². The van der Waals surface area contributed by atoms with E-state index < -0.39 is 0 Å². The predicted molar refractivity (Wildman–Crippen MR) is 71.1 cm³/mol. The molecule has 96 valence electrons. The monoisotopic (exact) mass is 244 g/mol. The Kier molecular flexibility index (Phi) is 3.35. The van der Waals surface area contributed by atoms with E-state index >= 15 is 0 Å². The summed E-state index contributed by atoms with van der Waals surface area (Å²) in [4.78, 5) is 11.8. The molecule has 1 aliphatic heterocycles. The standard InChI is InChI=1S/C16H20O2/c17-14-8-2-1-5-13(11-14)15-9-3-6-12-7-4-10-18-16(12)15/h3,6,9,13H,1-2,4-5,7-8,10-11H2. The lowest BCUT2D eigenvalue weighted by molar-refractivity contribution is -0.119. The molecule has 0 saturated heterocycles. The quantitative estimate of drug-likeness (QED) is 0.705. The number of rotatable bonds is 1. The van der Waals surface area contributed by atoms with Gasteiger partial charge < -0.3 is 4.74 Å². The van der Waals surface area contributed by atoms with Crippen molar-refractivity contribution in [2.24, 2.45) is 0 Å². The van der Waals surface area contributed by atoms with Gasteiger partial charge in [-0.15, -0.1) is 0 Å². The van der Waals surface area contributed by atoms with Gasteiger partial charge in [0.2, 0.25) is 0 Å². The van der Waals surface area contributed by atoms with E-state index in [0.717, 1.165) is 44.5 Å². The molecular formula is C16H20O2. The average Bonchev–Trinajstić information content (AvgIpc) is 2.63. The van der Waals surface area contributed by atoms with Crippen molar-refractivity contribution in [1.82, 2.24) is 0 Å². The fraction of sp³-hybridized carbons (Fsp3) is 0.562. The molecule has 3 rings (SSSR count). The molecule has 1 saturated carbocycles. The van der Waals surface area contributed by atoms with Crippen LogP contribution in [-0.4, -0.2) is 12.4 Å². The highest BCUT2D eigenvalue weighted by Crippen LogP contribution is 2.39. The van der Waals surface area contributed by atoms with Crippen molar-refractivity contribution in [3.8, 4) is 5.75 Å². The maximum absolute atomic E-state index is 11.8. The van der Waals surface area contributed by atoms with Crippen LogP contribution in [0.3, 0.4) is 0 Å². The van der Waals surface area contributed by atoms with Gasteiger partial charge in [-0.3, -0.25) is 4.79 Å². The molecule has 0 N–H and O–H groups in total. The highest BCUT2D eigenvalue weighted by Gasteiger charge is 2.24. The second-order valence-electron chi connectivity index (χ2n) is 5.47. The summed E-state index contributed by atoms with van der Waals surface area (Å²) in [5, 5.41) is 0. The molecule has 2 heteroatoms. The van der Waals surface area contributed by atoms with E-state index in [1.165, 1.54) is 17.5 Å². The number of carbonyl (C=O) groups is 1. The molecule has 1 fully saturated rings. The zero-order chi connectivity index (χ0) is 12.4. The normalized spacial score (nSPS) is 24.0. The number of ketones is 1. The highest BCUT2D eigenvalue weighted by molar-refractivity contribution is 5.79. The zero-order valence-corrected chi connectivity index (χ0v) is 10.8. The number of ether oxygens (including phenoxy) is 1. The third-order valence-corrected chi connectivity index (χ3v) is 4.14. The molecule has 18 heavy (non-hydrogen) atoms. The zero-order valence-electron chi connectivity index (χ0n) is 10.8. The van der Waals surface area contributed by atoms with Crippen LogP contribution in [0.5, 0.6) is 5.75 Å². The van der Waals surface area contributed by atoms with Crippen LogP contribution in [0.15, 0.2) is 18.2 Å². The molecule has 2 nitrogen and oxygen atoms in total. The number of hydrogen-bond acceptors (Lipinski definition) is 2. The third-order valence-electron chi connectivity index (χ3n) is 4.14. The van der Waals surface area contributed by atoms with E-state index in [0.29, 0.717) is 18.1 Å². The molecule has 1 heterocycles. The number of aryl methyl sites for hydroxylation is 1. The lowest BCUT2D eigenvalue weighted by Gasteiger charge is -2.24. The Morgan fingerprint density at radius 3 is 3.00 bits per heavy atom. The summed E-state index contributed by atoms with van der Waals surface area (Å²) in [5.74, 6) is 1.89. The first-order valence-electron chi connectivity index (χ1n) is 7.11. The Morgan fingerprint density at radius 1 is 1.11 bits per heavy atom. The van der Waals surface area contributed by atoms with Crippen molar-refractivity contribution in [1.29, 1.82) is 0 Å². The first-order valence-corrected chi connectivity index (χ1v) is 7.11. The van der Waals surface area contributed by atoms with Crippen molar-refractivity contribution < 1.29 is 9.53 Å². The summed E-state index contributed by atoms with van der Waals surface area (Å²) in [6.07, 6.45) is 7.06. The van der Waals surface area contributed by atoms with E-state index in [1.54, 1.807) is 0 Å². The molecule has 1 atom stereocenters. The fourth-order valence-electron chi connectivity index (χ4n) is 3.19. The number of benzene rings is 1. The van der Waals surface area contributed by atoms with Crippen molar-refractivity contribution in [3.05, 3.63) is 29.3 Å². The highest BCUT2D eigenvalue weighted by atomic mass is 16.5. The first-order chi connectivity index (χ1) is 8.84. The maximum atomic E-state index is 11.8. The molecule has 0 spiro atoms. The van der Waals surface area contributed by atoms with Crippen molar-refractivity contribution in [3.63, 3.8) is 0 Å². The van der Waals surface area contributed by atoms with Gasteiger partial charge >= 0.3 is 0 Å². The summed E-state index contributed by atoms with van der Waals surface area (Å²) < 4.78 is 5.87. The van der Waals surface area contributed by atoms with Gasteiger partial charge in [-0.2, -0.15) is 0 Å². The topological polar surface area (TPSA) is 26.3 Å². The first kappa shape index (κ1) is 11.8. The van der Waals surface area contributed by atoms with Gasteiger partial charge in [0.25, 0.3) is 0 Å². The van der Waals surface area contributed by atoms with Crippen LogP contribution in [0.4, 0.5) is 0 Å². The van der Waals surface area contributed by atoms with Crippen LogP contribution in [0.25, 0.3) is 0 Å². The molecule has 0 aromatic heterocycles. The fourth-order valence-corrected chi connectivity index (χ4v) is 3.19. The Bertz CT molecular complexity index is 450. The largest absolute Gasteiger partial charge is 0.493 e. The molecule has 0 bridgehead atoms.